The molecular formula is C34H61N2O10S+. The van der Waals surface area contributed by atoms with Crippen LogP contribution in [0.2, 0.25) is 0 Å². The predicted molar refractivity (Wildman–Crippen MR) is 185 cm³/mol. The molecule has 1 aromatic carbocycles. The van der Waals surface area contributed by atoms with Crippen LogP contribution in [0.5, 0.6) is 5.75 Å². The van der Waals surface area contributed by atoms with Crippen molar-refractivity contribution in [3.8, 4) is 5.75 Å². The van der Waals surface area contributed by atoms with Gasteiger partial charge in [-0.1, -0.05) is 44.9 Å². The number of ether oxygens (including phenoxy) is 7. The molecule has 0 heterocycles. The number of unbranched alkanes of at least 4 members (excludes halogenated alkanes) is 8. The Bertz CT molecular complexity index is 938. The van der Waals surface area contributed by atoms with Crippen molar-refractivity contribution in [1.82, 2.24) is 0 Å². The Morgan fingerprint density at radius 3 is 1.79 bits per heavy atom. The van der Waals surface area contributed by atoms with E-state index in [0.29, 0.717) is 58.6 Å². The first kappa shape index (κ1) is 43.0. The number of nitrogens with zero attached hydrogens (tertiary/aromatic N) is 2. The highest BCUT2D eigenvalue weighted by atomic mass is 32.1. The number of esters is 1. The number of carbonyl (C=O) groups excluding carboxylic acids is 1. The van der Waals surface area contributed by atoms with Crippen LogP contribution in [0.15, 0.2) is 18.2 Å². The highest BCUT2D eigenvalue weighted by Gasteiger charge is 2.18. The number of quaternary nitrogens is 1. The third-order valence-electron chi connectivity index (χ3n) is 7.61. The lowest BCUT2D eigenvalue weighted by atomic mass is 10.1. The smallest absolute Gasteiger partial charge is 0.332 e. The molecule has 0 radical (unpaired) electrons. The van der Waals surface area contributed by atoms with Gasteiger partial charge >= 0.3 is 5.97 Å². The molecular weight excluding hydrogens is 628 g/mol. The summed E-state index contributed by atoms with van der Waals surface area (Å²) in [5.74, 6) is 0.866. The minimum Gasteiger partial charge on any atom is -0.488 e. The van der Waals surface area contributed by atoms with Gasteiger partial charge < -0.3 is 37.6 Å². The molecule has 0 aromatic heterocycles. The van der Waals surface area contributed by atoms with E-state index in [2.05, 4.69) is 33.6 Å². The molecule has 0 N–H and O–H groups in total. The first-order valence-corrected chi connectivity index (χ1v) is 17.8. The number of likely N-dealkylation sites (N-methyl/N-ethyl adjacent to an activating group) is 1. The van der Waals surface area contributed by atoms with E-state index in [1.165, 1.54) is 63.5 Å². The third-order valence-corrected chi connectivity index (χ3v) is 7.93. The fourth-order valence-electron chi connectivity index (χ4n) is 4.30. The van der Waals surface area contributed by atoms with E-state index in [1.54, 1.807) is 6.07 Å². The molecule has 47 heavy (non-hydrogen) atoms. The van der Waals surface area contributed by atoms with Crippen LogP contribution in [0.25, 0.3) is 0 Å². The molecule has 0 unspecified atom stereocenters. The van der Waals surface area contributed by atoms with Gasteiger partial charge in [0.05, 0.1) is 84.0 Å². The lowest BCUT2D eigenvalue weighted by molar-refractivity contribution is -0.888. The monoisotopic (exact) mass is 689 g/mol. The van der Waals surface area contributed by atoms with Crippen LogP contribution < -0.4 is 4.74 Å². The van der Waals surface area contributed by atoms with E-state index in [-0.39, 0.29) is 31.1 Å². The summed E-state index contributed by atoms with van der Waals surface area (Å²) in [5.41, 5.74) is 0.116. The van der Waals surface area contributed by atoms with E-state index >= 15 is 0 Å². The topological polar surface area (TPSA) is 125 Å². The first-order valence-electron chi connectivity index (χ1n) is 17.2. The molecule has 0 fully saturated rings. The molecule has 0 atom stereocenters. The van der Waals surface area contributed by atoms with E-state index in [4.69, 9.17) is 33.2 Å². The minimum absolute atomic E-state index is 0.139. The van der Waals surface area contributed by atoms with Crippen molar-refractivity contribution in [3.05, 3.63) is 33.9 Å². The SMILES string of the molecule is CC[N+](C)(C)CCOc1ccc([N+](=O)[O-])c(COC(=O)COCCOCCOCCOCCOCCCCCCCCCCCS)c1. The average Bonchev–Trinajstić information content (AvgIpc) is 3.05. The largest absolute Gasteiger partial charge is 0.488 e. The molecule has 0 amide bonds. The Kier molecular flexibility index (Phi) is 26.5. The molecule has 0 aliphatic carbocycles. The Hall–Kier alpha value is -2.00. The van der Waals surface area contributed by atoms with Crippen molar-refractivity contribution in [2.45, 2.75) is 71.3 Å². The minimum atomic E-state index is -0.627. The van der Waals surface area contributed by atoms with E-state index < -0.39 is 10.9 Å². The van der Waals surface area contributed by atoms with E-state index in [9.17, 15) is 14.9 Å². The highest BCUT2D eigenvalue weighted by Crippen LogP contribution is 2.25. The van der Waals surface area contributed by atoms with Gasteiger partial charge in [0.25, 0.3) is 5.69 Å². The Labute approximate surface area is 287 Å². The summed E-state index contributed by atoms with van der Waals surface area (Å²) in [4.78, 5) is 23.0. The molecule has 0 saturated heterocycles. The molecule has 0 saturated carbocycles. The standard InChI is InChI=1S/C34H60N2O10S/c1-4-36(2,3)16-18-45-32-14-15-33(35(38)39)31(28-32)29-46-34(37)30-44-26-25-43-24-23-42-22-21-41-20-19-40-17-12-10-8-6-5-7-9-11-13-27-47/h14-15,28H,4-13,16-27,29-30H2,1-3H3/p+1. The zero-order valence-electron chi connectivity index (χ0n) is 29.1. The van der Waals surface area contributed by atoms with Crippen molar-refractivity contribution in [1.29, 1.82) is 0 Å². The maximum atomic E-state index is 12.1. The fourth-order valence-corrected chi connectivity index (χ4v) is 4.53. The van der Waals surface area contributed by atoms with Crippen molar-refractivity contribution >= 4 is 24.3 Å². The van der Waals surface area contributed by atoms with Gasteiger partial charge in [0.15, 0.2) is 0 Å². The molecule has 0 aliphatic rings. The van der Waals surface area contributed by atoms with Gasteiger partial charge in [-0.15, -0.1) is 0 Å². The Morgan fingerprint density at radius 1 is 0.745 bits per heavy atom. The zero-order valence-corrected chi connectivity index (χ0v) is 30.0. The Balaban J connectivity index is 1.96. The number of thiol groups is 1. The van der Waals surface area contributed by atoms with Crippen LogP contribution in [0.3, 0.4) is 0 Å². The second-order valence-corrected chi connectivity index (χ2v) is 12.4. The van der Waals surface area contributed by atoms with Crippen LogP contribution in [-0.2, 0) is 39.8 Å². The van der Waals surface area contributed by atoms with E-state index in [1.807, 2.05) is 0 Å². The fraction of sp³-hybridized carbons (Fsp3) is 0.794. The molecule has 1 aromatic rings. The number of carbonyl (C=O) groups is 1. The summed E-state index contributed by atoms with van der Waals surface area (Å²) >= 11 is 4.25. The second-order valence-electron chi connectivity index (χ2n) is 11.9. The first-order chi connectivity index (χ1) is 22.8. The van der Waals surface area contributed by atoms with Crippen molar-refractivity contribution in [2.75, 3.05) is 106 Å². The number of benzene rings is 1. The van der Waals surface area contributed by atoms with E-state index in [0.717, 1.165) is 36.4 Å². The highest BCUT2D eigenvalue weighted by molar-refractivity contribution is 7.80. The van der Waals surface area contributed by atoms with Crippen LogP contribution in [-0.4, -0.2) is 121 Å². The number of hydrogen-bond acceptors (Lipinski definition) is 11. The number of nitro groups is 1. The summed E-state index contributed by atoms with van der Waals surface area (Å²) in [6.07, 6.45) is 11.5. The van der Waals surface area contributed by atoms with Crippen molar-refractivity contribution < 1.29 is 47.4 Å². The Morgan fingerprint density at radius 2 is 1.26 bits per heavy atom. The van der Waals surface area contributed by atoms with Gasteiger partial charge in [-0.3, -0.25) is 10.1 Å². The van der Waals surface area contributed by atoms with Gasteiger partial charge in [-0.25, -0.2) is 4.79 Å². The van der Waals surface area contributed by atoms with Crippen LogP contribution in [0, 0.1) is 10.1 Å². The molecule has 13 heteroatoms. The van der Waals surface area contributed by atoms with Gasteiger partial charge in [-0.2, -0.15) is 12.6 Å². The van der Waals surface area contributed by atoms with Crippen molar-refractivity contribution in [3.63, 3.8) is 0 Å². The molecule has 12 nitrogen and oxygen atoms in total. The molecule has 1 rings (SSSR count). The van der Waals surface area contributed by atoms with Gasteiger partial charge in [0.1, 0.15) is 32.1 Å². The molecule has 0 bridgehead atoms. The predicted octanol–water partition coefficient (Wildman–Crippen LogP) is 5.64. The molecule has 0 aliphatic heterocycles. The summed E-state index contributed by atoms with van der Waals surface area (Å²) < 4.78 is 39.1. The number of nitro benzene ring substituents is 1. The van der Waals surface area contributed by atoms with Gasteiger partial charge in [0.2, 0.25) is 0 Å². The lowest BCUT2D eigenvalue weighted by Crippen LogP contribution is -2.42. The quantitative estimate of drug-likeness (QED) is 0.0248. The summed E-state index contributed by atoms with van der Waals surface area (Å²) in [6, 6.07) is 4.44. The van der Waals surface area contributed by atoms with Crippen LogP contribution in [0.1, 0.15) is 70.3 Å². The van der Waals surface area contributed by atoms with Crippen LogP contribution in [0.4, 0.5) is 5.69 Å². The maximum Gasteiger partial charge on any atom is 0.332 e. The van der Waals surface area contributed by atoms with Gasteiger partial charge in [0, 0.05) is 12.7 Å². The normalized spacial score (nSPS) is 11.6. The summed E-state index contributed by atoms with van der Waals surface area (Å²) in [6.45, 7) is 7.99. The van der Waals surface area contributed by atoms with Gasteiger partial charge in [-0.05, 0) is 37.7 Å². The summed E-state index contributed by atoms with van der Waals surface area (Å²) in [7, 11) is 4.20. The second kappa shape index (κ2) is 29.0. The zero-order chi connectivity index (χ0) is 34.4. The lowest BCUT2D eigenvalue weighted by Gasteiger charge is -2.27. The number of hydrogen-bond donors (Lipinski definition) is 1. The summed E-state index contributed by atoms with van der Waals surface area (Å²) in [5, 5.41) is 11.4. The van der Waals surface area contributed by atoms with Crippen LogP contribution >= 0.6 is 12.6 Å². The molecule has 0 spiro atoms. The van der Waals surface area contributed by atoms with Crippen molar-refractivity contribution in [2.24, 2.45) is 0 Å². The third kappa shape index (κ3) is 24.8. The number of rotatable bonds is 33. The average molecular weight is 690 g/mol. The maximum absolute atomic E-state index is 12.1. The molecule has 272 valence electrons.